The number of aryl methyl sites for hydroxylation is 2. The molecular weight excluding hydrogens is 522 g/mol. The van der Waals surface area contributed by atoms with Gasteiger partial charge < -0.3 is 15.5 Å². The summed E-state index contributed by atoms with van der Waals surface area (Å²) in [5.74, 6) is 1.96. The third kappa shape index (κ3) is 9.36. The molecule has 3 heterocycles. The minimum absolute atomic E-state index is 0.285. The van der Waals surface area contributed by atoms with Crippen LogP contribution in [0.1, 0.15) is 82.7 Å². The van der Waals surface area contributed by atoms with Crippen molar-refractivity contribution in [2.24, 2.45) is 5.92 Å². The molecule has 0 spiro atoms. The Balaban J connectivity index is 0.00000131. The van der Waals surface area contributed by atoms with Gasteiger partial charge in [-0.3, -0.25) is 0 Å². The zero-order valence-electron chi connectivity index (χ0n) is 27.0. The van der Waals surface area contributed by atoms with E-state index in [1.54, 1.807) is 0 Å². The first-order valence-corrected chi connectivity index (χ1v) is 15.5. The Morgan fingerprint density at radius 1 is 1.10 bits per heavy atom. The molecule has 4 rings (SSSR count). The number of nitrogens with one attached hydrogen (secondary N) is 2. The van der Waals surface area contributed by atoms with E-state index >= 15 is 0 Å². The molecule has 1 aromatic carbocycles. The Morgan fingerprint density at radius 2 is 1.71 bits per heavy atom. The molecule has 1 atom stereocenters. The van der Waals surface area contributed by atoms with Crippen molar-refractivity contribution in [3.8, 4) is 12.8 Å². The van der Waals surface area contributed by atoms with Crippen molar-refractivity contribution >= 4 is 23.0 Å². The molecule has 5 nitrogen and oxygen atoms in total. The van der Waals surface area contributed by atoms with Crippen LogP contribution in [0.5, 0.6) is 0 Å². The first-order valence-electron chi connectivity index (χ1n) is 15.0. The molecule has 2 aliphatic heterocycles. The number of hydrogen-bond acceptors (Lipinski definition) is 4. The molecule has 2 aliphatic rings. The van der Waals surface area contributed by atoms with Gasteiger partial charge in [-0.1, -0.05) is 77.7 Å². The van der Waals surface area contributed by atoms with Crippen LogP contribution in [0.15, 0.2) is 60.0 Å². The Hall–Kier alpha value is -3.30. The number of benzene rings is 1. The number of nitrogens with zero attached hydrogens (tertiary/aromatic N) is 3. The van der Waals surface area contributed by atoms with Crippen molar-refractivity contribution in [3.05, 3.63) is 82.3 Å². The fourth-order valence-corrected chi connectivity index (χ4v) is 5.50. The highest BCUT2D eigenvalue weighted by molar-refractivity contribution is 7.80. The van der Waals surface area contributed by atoms with E-state index < -0.39 is 0 Å². The molecule has 1 unspecified atom stereocenters. The second-order valence-electron chi connectivity index (χ2n) is 10.1. The number of piperidine rings is 1. The molecule has 1 aromatic heterocycles. The van der Waals surface area contributed by atoms with E-state index in [0.29, 0.717) is 5.92 Å². The summed E-state index contributed by atoms with van der Waals surface area (Å²) in [6, 6.07) is 8.63. The Kier molecular flexibility index (Phi) is 15.9. The molecule has 224 valence electrons. The minimum Gasteiger partial charge on any atom is -0.372 e. The van der Waals surface area contributed by atoms with Crippen LogP contribution in [0.2, 0.25) is 0 Å². The third-order valence-corrected chi connectivity index (χ3v) is 7.94. The van der Waals surface area contributed by atoms with Crippen molar-refractivity contribution in [1.82, 2.24) is 25.3 Å². The number of thiocarbonyl (C=S) groups is 1. The predicted octanol–water partition coefficient (Wildman–Crippen LogP) is 7.77. The van der Waals surface area contributed by atoms with Gasteiger partial charge in [0.1, 0.15) is 10.8 Å². The molecule has 0 bridgehead atoms. The number of aromatic nitrogens is 2. The van der Waals surface area contributed by atoms with E-state index in [1.165, 1.54) is 28.0 Å². The van der Waals surface area contributed by atoms with Gasteiger partial charge in [-0.25, -0.2) is 4.68 Å². The highest BCUT2D eigenvalue weighted by Crippen LogP contribution is 2.28. The summed E-state index contributed by atoms with van der Waals surface area (Å²) in [5, 5.41) is 11.7. The van der Waals surface area contributed by atoms with Crippen LogP contribution < -0.4 is 10.6 Å². The van der Waals surface area contributed by atoms with Crippen LogP contribution in [-0.2, 0) is 0 Å². The fraction of sp³-hybridized carbons (Fsp3) is 0.486. The molecule has 2 aromatic rings. The molecular formula is C35H53N5S. The second kappa shape index (κ2) is 18.2. The van der Waals surface area contributed by atoms with Crippen LogP contribution in [0.25, 0.3) is 5.82 Å². The smallest absolute Gasteiger partial charge is 0.124 e. The SMILES string of the molecule is C#C.C=C(C1=C(C)CNC1=S)N1CCC(CN/C(=C/C(C)c2ccccc2C)n2ncc(C)c2C)CC1.CC.CC. The lowest BCUT2D eigenvalue weighted by Gasteiger charge is -2.35. The summed E-state index contributed by atoms with van der Waals surface area (Å²) < 4.78 is 2.06. The number of likely N-dealkylation sites (tertiary alicyclic amines) is 1. The van der Waals surface area contributed by atoms with E-state index in [4.69, 9.17) is 12.2 Å². The van der Waals surface area contributed by atoms with Gasteiger partial charge in [0.2, 0.25) is 0 Å². The quantitative estimate of drug-likeness (QED) is 0.249. The van der Waals surface area contributed by atoms with Gasteiger partial charge in [-0.05, 0) is 74.8 Å². The van der Waals surface area contributed by atoms with Crippen molar-refractivity contribution < 1.29 is 0 Å². The van der Waals surface area contributed by atoms with Crippen molar-refractivity contribution in [2.75, 3.05) is 26.2 Å². The fourth-order valence-electron chi connectivity index (χ4n) is 5.14. The third-order valence-electron chi connectivity index (χ3n) is 7.59. The van der Waals surface area contributed by atoms with E-state index in [1.807, 2.05) is 33.9 Å². The summed E-state index contributed by atoms with van der Waals surface area (Å²) in [7, 11) is 0. The molecule has 2 N–H and O–H groups in total. The zero-order chi connectivity index (χ0) is 31.1. The van der Waals surface area contributed by atoms with Crippen LogP contribution in [0.3, 0.4) is 0 Å². The average Bonchev–Trinajstić information content (AvgIpc) is 3.53. The van der Waals surface area contributed by atoms with Crippen molar-refractivity contribution in [1.29, 1.82) is 0 Å². The van der Waals surface area contributed by atoms with Crippen LogP contribution in [0.4, 0.5) is 0 Å². The van der Waals surface area contributed by atoms with Crippen LogP contribution in [-0.4, -0.2) is 45.8 Å². The molecule has 0 aliphatic carbocycles. The van der Waals surface area contributed by atoms with Crippen LogP contribution in [0, 0.1) is 39.5 Å². The van der Waals surface area contributed by atoms with E-state index in [0.717, 1.165) is 61.1 Å². The first kappa shape index (κ1) is 35.7. The topological polar surface area (TPSA) is 45.1 Å². The summed E-state index contributed by atoms with van der Waals surface area (Å²) in [5.41, 5.74) is 8.58. The number of hydrogen-bond donors (Lipinski definition) is 2. The molecule has 0 amide bonds. The summed E-state index contributed by atoms with van der Waals surface area (Å²) in [6.45, 7) is 27.0. The Labute approximate surface area is 256 Å². The van der Waals surface area contributed by atoms with Gasteiger partial charge in [0.05, 0.1) is 6.20 Å². The van der Waals surface area contributed by atoms with Crippen LogP contribution >= 0.6 is 12.2 Å². The maximum atomic E-state index is 5.51. The lowest BCUT2D eigenvalue weighted by molar-refractivity contribution is 0.231. The largest absolute Gasteiger partial charge is 0.372 e. The summed E-state index contributed by atoms with van der Waals surface area (Å²) >= 11 is 5.51. The van der Waals surface area contributed by atoms with Crippen molar-refractivity contribution in [3.63, 3.8) is 0 Å². The summed E-state index contributed by atoms with van der Waals surface area (Å²) in [6.07, 6.45) is 14.5. The molecule has 1 saturated heterocycles. The first-order chi connectivity index (χ1) is 19.8. The lowest BCUT2D eigenvalue weighted by atomic mass is 9.94. The maximum absolute atomic E-state index is 5.51. The monoisotopic (exact) mass is 575 g/mol. The standard InChI is InChI=1S/C29H39N5S.2C2H6.C2H2/c1-19-9-7-8-10-26(19)20(2)15-27(34-23(5)21(3)17-32-34)30-18-25-11-13-33(14-12-25)24(6)28-22(4)16-31-29(28)35;3*1-2/h7-10,15,17,20,25,30H,6,11-14,16,18H2,1-5H3,(H,31,35);2*1-2H3;1-2H/b27-15-;;;. The average molecular weight is 576 g/mol. The number of terminal acetylenes is 1. The second-order valence-corrected chi connectivity index (χ2v) is 10.5. The van der Waals surface area contributed by atoms with Gasteiger partial charge in [0, 0.05) is 49.1 Å². The van der Waals surface area contributed by atoms with E-state index in [2.05, 4.69) is 110 Å². The highest BCUT2D eigenvalue weighted by Gasteiger charge is 2.26. The zero-order valence-corrected chi connectivity index (χ0v) is 27.8. The predicted molar refractivity (Wildman–Crippen MR) is 183 cm³/mol. The molecule has 0 radical (unpaired) electrons. The van der Waals surface area contributed by atoms with Gasteiger partial charge in [0.25, 0.3) is 0 Å². The van der Waals surface area contributed by atoms with Gasteiger partial charge in [0.15, 0.2) is 0 Å². The van der Waals surface area contributed by atoms with Gasteiger partial charge in [-0.15, -0.1) is 12.8 Å². The Bertz CT molecular complexity index is 1210. The maximum Gasteiger partial charge on any atom is 0.124 e. The number of allylic oxidation sites excluding steroid dienone is 1. The summed E-state index contributed by atoms with van der Waals surface area (Å²) in [4.78, 5) is 3.26. The molecule has 6 heteroatoms. The number of rotatable bonds is 8. The lowest BCUT2D eigenvalue weighted by Crippen LogP contribution is -2.38. The van der Waals surface area contributed by atoms with Gasteiger partial charge in [-0.2, -0.15) is 5.10 Å². The van der Waals surface area contributed by atoms with Gasteiger partial charge >= 0.3 is 0 Å². The highest BCUT2D eigenvalue weighted by atomic mass is 32.1. The molecule has 1 fully saturated rings. The van der Waals surface area contributed by atoms with E-state index in [9.17, 15) is 0 Å². The normalized spacial score (nSPS) is 15.8. The Morgan fingerprint density at radius 3 is 2.22 bits per heavy atom. The van der Waals surface area contributed by atoms with E-state index in [-0.39, 0.29) is 5.92 Å². The molecule has 0 saturated carbocycles. The minimum atomic E-state index is 0.285. The molecule has 41 heavy (non-hydrogen) atoms. The van der Waals surface area contributed by atoms with Crippen molar-refractivity contribution in [2.45, 2.75) is 81.1 Å².